The van der Waals surface area contributed by atoms with Crippen LogP contribution in [0.15, 0.2) is 60.1 Å². The summed E-state index contributed by atoms with van der Waals surface area (Å²) in [6, 6.07) is 10.1. The molecule has 0 aliphatic rings. The van der Waals surface area contributed by atoms with Crippen LogP contribution in [0.2, 0.25) is 0 Å². The molecule has 118 valence electrons. The maximum absolute atomic E-state index is 12.4. The van der Waals surface area contributed by atoms with Crippen LogP contribution < -0.4 is 0 Å². The van der Waals surface area contributed by atoms with E-state index in [-0.39, 0.29) is 0 Å². The third kappa shape index (κ3) is 3.89. The molecule has 0 saturated carbocycles. The maximum Gasteiger partial charge on any atom is 0.435 e. The number of halogens is 3. The minimum Gasteiger partial charge on any atom is -0.306 e. The lowest BCUT2D eigenvalue weighted by Crippen LogP contribution is -2.08. The zero-order valence-electron chi connectivity index (χ0n) is 11.7. The van der Waals surface area contributed by atoms with Gasteiger partial charge in [-0.2, -0.15) is 13.2 Å². The molecular weight excluding hydrogens is 325 g/mol. The van der Waals surface area contributed by atoms with Gasteiger partial charge in [-0.15, -0.1) is 10.2 Å². The van der Waals surface area contributed by atoms with Gasteiger partial charge in [0.25, 0.3) is 0 Å². The zero-order chi connectivity index (χ0) is 16.3. The van der Waals surface area contributed by atoms with Gasteiger partial charge in [-0.3, -0.25) is 0 Å². The highest BCUT2D eigenvalue weighted by molar-refractivity contribution is 7.98. The molecule has 0 spiro atoms. The van der Waals surface area contributed by atoms with Crippen molar-refractivity contribution in [3.8, 4) is 5.69 Å². The average Bonchev–Trinajstić information content (AvgIpc) is 3.07. The molecule has 1 aromatic carbocycles. The second kappa shape index (κ2) is 6.41. The van der Waals surface area contributed by atoms with E-state index in [2.05, 4.69) is 15.2 Å². The first-order chi connectivity index (χ1) is 11.0. The summed E-state index contributed by atoms with van der Waals surface area (Å²) >= 11 is 1.34. The first-order valence-corrected chi connectivity index (χ1v) is 7.62. The summed E-state index contributed by atoms with van der Waals surface area (Å²) in [5.74, 6) is 0.601. The van der Waals surface area contributed by atoms with Gasteiger partial charge in [0.15, 0.2) is 5.69 Å². The largest absolute Gasteiger partial charge is 0.435 e. The van der Waals surface area contributed by atoms with Crippen LogP contribution in [0.3, 0.4) is 0 Å². The van der Waals surface area contributed by atoms with E-state index in [0.717, 1.165) is 17.3 Å². The number of thioether (sulfide) groups is 1. The second-order valence-corrected chi connectivity index (χ2v) is 5.68. The number of nitrogens with zero attached hydrogens (tertiary/aromatic N) is 4. The van der Waals surface area contributed by atoms with Crippen LogP contribution >= 0.6 is 11.8 Å². The van der Waals surface area contributed by atoms with Crippen molar-refractivity contribution in [1.82, 2.24) is 19.7 Å². The van der Waals surface area contributed by atoms with Crippen molar-refractivity contribution in [2.45, 2.75) is 17.0 Å². The lowest BCUT2D eigenvalue weighted by atomic mass is 10.2. The summed E-state index contributed by atoms with van der Waals surface area (Å²) in [5.41, 5.74) is 1.05. The van der Waals surface area contributed by atoms with E-state index in [1.54, 1.807) is 12.5 Å². The van der Waals surface area contributed by atoms with E-state index < -0.39 is 11.9 Å². The summed E-state index contributed by atoms with van der Waals surface area (Å²) < 4.78 is 39.1. The monoisotopic (exact) mass is 336 g/mol. The van der Waals surface area contributed by atoms with Crippen molar-refractivity contribution < 1.29 is 13.2 Å². The van der Waals surface area contributed by atoms with Crippen LogP contribution in [-0.2, 0) is 11.9 Å². The van der Waals surface area contributed by atoms with Crippen molar-refractivity contribution in [2.24, 2.45) is 0 Å². The highest BCUT2D eigenvalue weighted by atomic mass is 32.2. The molecule has 2 heterocycles. The molecule has 0 atom stereocenters. The van der Waals surface area contributed by atoms with Gasteiger partial charge in [0.1, 0.15) is 5.03 Å². The van der Waals surface area contributed by atoms with E-state index >= 15 is 0 Å². The van der Waals surface area contributed by atoms with Crippen LogP contribution in [-0.4, -0.2) is 19.7 Å². The van der Waals surface area contributed by atoms with Gasteiger partial charge in [0.05, 0.1) is 6.33 Å². The van der Waals surface area contributed by atoms with Crippen molar-refractivity contribution in [1.29, 1.82) is 0 Å². The first-order valence-electron chi connectivity index (χ1n) is 6.63. The predicted molar refractivity (Wildman–Crippen MR) is 80.2 cm³/mol. The molecule has 3 aromatic rings. The van der Waals surface area contributed by atoms with Crippen molar-refractivity contribution in [3.63, 3.8) is 0 Å². The Bertz CT molecular complexity index is 753. The van der Waals surface area contributed by atoms with Gasteiger partial charge >= 0.3 is 6.18 Å². The molecule has 4 nitrogen and oxygen atoms in total. The van der Waals surface area contributed by atoms with Gasteiger partial charge in [-0.25, -0.2) is 4.98 Å². The molecular formula is C15H11F3N4S. The Morgan fingerprint density at radius 2 is 1.78 bits per heavy atom. The molecule has 8 heteroatoms. The van der Waals surface area contributed by atoms with Crippen LogP contribution in [0.25, 0.3) is 5.69 Å². The third-order valence-electron chi connectivity index (χ3n) is 3.06. The Hall–Kier alpha value is -2.35. The topological polar surface area (TPSA) is 43.6 Å². The maximum atomic E-state index is 12.4. The molecule has 0 amide bonds. The van der Waals surface area contributed by atoms with Gasteiger partial charge in [-0.1, -0.05) is 23.9 Å². The van der Waals surface area contributed by atoms with E-state index in [1.165, 1.54) is 17.8 Å². The highest BCUT2D eigenvalue weighted by Crippen LogP contribution is 2.28. The number of hydrogen-bond donors (Lipinski definition) is 0. The molecule has 0 unspecified atom stereocenters. The fourth-order valence-corrected chi connectivity index (χ4v) is 2.65. The number of rotatable bonds is 4. The molecule has 3 rings (SSSR count). The number of alkyl halides is 3. The minimum atomic E-state index is -4.46. The predicted octanol–water partition coefficient (Wildman–Crippen LogP) is 3.97. The number of imidazole rings is 1. The number of benzene rings is 1. The van der Waals surface area contributed by atoms with Crippen LogP contribution in [0, 0.1) is 0 Å². The zero-order valence-corrected chi connectivity index (χ0v) is 12.6. The van der Waals surface area contributed by atoms with Crippen molar-refractivity contribution >= 4 is 11.8 Å². The SMILES string of the molecule is FC(F)(F)c1ccc(SCc2ccc(-n3ccnc3)cc2)nn1. The van der Waals surface area contributed by atoms with Gasteiger partial charge in [0.2, 0.25) is 0 Å². The Morgan fingerprint density at radius 3 is 2.35 bits per heavy atom. The highest BCUT2D eigenvalue weighted by Gasteiger charge is 2.32. The molecule has 0 bridgehead atoms. The Labute approximate surface area is 134 Å². The second-order valence-electron chi connectivity index (χ2n) is 4.68. The summed E-state index contributed by atoms with van der Waals surface area (Å²) in [5, 5.41) is 7.26. The quantitative estimate of drug-likeness (QED) is 0.676. The van der Waals surface area contributed by atoms with E-state index in [4.69, 9.17) is 0 Å². The van der Waals surface area contributed by atoms with Gasteiger partial charge in [0, 0.05) is 23.8 Å². The lowest BCUT2D eigenvalue weighted by Gasteiger charge is -2.06. The van der Waals surface area contributed by atoms with Crippen molar-refractivity contribution in [3.05, 3.63) is 66.4 Å². The first kappa shape index (κ1) is 15.5. The third-order valence-corrected chi connectivity index (χ3v) is 4.05. The molecule has 0 saturated heterocycles. The minimum absolute atomic E-state index is 0.455. The normalized spacial score (nSPS) is 11.6. The summed E-state index contributed by atoms with van der Waals surface area (Å²) in [7, 11) is 0. The summed E-state index contributed by atoms with van der Waals surface area (Å²) in [4.78, 5) is 3.98. The smallest absolute Gasteiger partial charge is 0.306 e. The Morgan fingerprint density at radius 1 is 1.00 bits per heavy atom. The van der Waals surface area contributed by atoms with E-state index in [0.29, 0.717) is 10.8 Å². The van der Waals surface area contributed by atoms with Gasteiger partial charge < -0.3 is 4.57 Å². The lowest BCUT2D eigenvalue weighted by molar-refractivity contribution is -0.141. The molecule has 0 aliphatic heterocycles. The van der Waals surface area contributed by atoms with Crippen LogP contribution in [0.1, 0.15) is 11.3 Å². The molecule has 23 heavy (non-hydrogen) atoms. The van der Waals surface area contributed by atoms with Crippen LogP contribution in [0.4, 0.5) is 13.2 Å². The summed E-state index contributed by atoms with van der Waals surface area (Å²) in [6.07, 6.45) is 0.801. The molecule has 0 fully saturated rings. The number of hydrogen-bond acceptors (Lipinski definition) is 4. The molecule has 0 N–H and O–H groups in total. The fourth-order valence-electron chi connectivity index (χ4n) is 1.88. The Balaban J connectivity index is 1.62. The van der Waals surface area contributed by atoms with Crippen LogP contribution in [0.5, 0.6) is 0 Å². The average molecular weight is 336 g/mol. The van der Waals surface area contributed by atoms with Gasteiger partial charge in [-0.05, 0) is 29.8 Å². The fraction of sp³-hybridized carbons (Fsp3) is 0.133. The molecule has 2 aromatic heterocycles. The summed E-state index contributed by atoms with van der Waals surface area (Å²) in [6.45, 7) is 0. The van der Waals surface area contributed by atoms with E-state index in [9.17, 15) is 13.2 Å². The molecule has 0 aliphatic carbocycles. The van der Waals surface area contributed by atoms with Crippen molar-refractivity contribution in [2.75, 3.05) is 0 Å². The Kier molecular flexibility index (Phi) is 4.33. The number of aromatic nitrogens is 4. The molecule has 0 radical (unpaired) electrons. The standard InChI is InChI=1S/C15H11F3N4S/c16-15(17,18)13-5-6-14(21-20-13)23-9-11-1-3-12(4-2-11)22-8-7-19-10-22/h1-8,10H,9H2. The van der Waals surface area contributed by atoms with E-state index in [1.807, 2.05) is 35.0 Å².